The fourth-order valence-corrected chi connectivity index (χ4v) is 6.84. The Hall–Kier alpha value is -4.76. The van der Waals surface area contributed by atoms with Gasteiger partial charge in [0.1, 0.15) is 5.54 Å². The zero-order valence-electron chi connectivity index (χ0n) is 21.9. The van der Waals surface area contributed by atoms with E-state index in [4.69, 9.17) is 0 Å². The summed E-state index contributed by atoms with van der Waals surface area (Å²) in [6, 6.07) is 19.7. The molecule has 2 fully saturated rings. The van der Waals surface area contributed by atoms with Crippen molar-refractivity contribution in [1.29, 1.82) is 0 Å². The van der Waals surface area contributed by atoms with Gasteiger partial charge in [-0.05, 0) is 54.8 Å². The average molecular weight is 534 g/mol. The minimum Gasteiger partial charge on any atom is -0.361 e. The molecule has 0 saturated carbocycles. The lowest BCUT2D eigenvalue weighted by Gasteiger charge is -2.29. The molecule has 7 rings (SSSR count). The maximum absolute atomic E-state index is 14.2. The highest BCUT2D eigenvalue weighted by molar-refractivity contribution is 6.26. The molecule has 200 valence electrons. The van der Waals surface area contributed by atoms with Gasteiger partial charge >= 0.3 is 0 Å². The summed E-state index contributed by atoms with van der Waals surface area (Å²) >= 11 is 0. The summed E-state index contributed by atoms with van der Waals surface area (Å²) in [5, 5.41) is 10.3. The Morgan fingerprint density at radius 2 is 1.75 bits per heavy atom. The standard InChI is InChI=1S/C31H27N5O4/c1-16-6-5-8-22-27(16)34-30(40)31(22)26-25(24(35-31)14-18-15-32-23-9-4-3-7-21(18)23)28(38)36(29(26)39)20-12-10-19(11-13-20)33-17(2)37/h3-13,15,24-26,32,35H,14H2,1-2H3,(H,33,37)(H,34,40)/t24?,25-,26+,31?/m1/s1. The summed E-state index contributed by atoms with van der Waals surface area (Å²) in [5.41, 5.74) is 3.85. The highest BCUT2D eigenvalue weighted by atomic mass is 16.2. The van der Waals surface area contributed by atoms with Gasteiger partial charge in [0.15, 0.2) is 0 Å². The number of anilines is 3. The van der Waals surface area contributed by atoms with E-state index in [0.29, 0.717) is 29.0 Å². The monoisotopic (exact) mass is 533 g/mol. The smallest absolute Gasteiger partial charge is 0.250 e. The third-order valence-electron chi connectivity index (χ3n) is 8.52. The predicted octanol–water partition coefficient (Wildman–Crippen LogP) is 3.60. The van der Waals surface area contributed by atoms with E-state index in [2.05, 4.69) is 20.9 Å². The molecule has 0 bridgehead atoms. The van der Waals surface area contributed by atoms with Crippen LogP contribution >= 0.6 is 0 Å². The molecule has 3 aromatic carbocycles. The number of imide groups is 1. The minimum absolute atomic E-state index is 0.218. The van der Waals surface area contributed by atoms with Gasteiger partial charge in [0.25, 0.3) is 0 Å². The number of fused-ring (bicyclic) bond motifs is 5. The van der Waals surface area contributed by atoms with Crippen LogP contribution in [0.15, 0.2) is 72.9 Å². The number of amides is 4. The van der Waals surface area contributed by atoms with Crippen LogP contribution in [0.4, 0.5) is 17.1 Å². The number of benzene rings is 3. The van der Waals surface area contributed by atoms with Crippen LogP contribution in [0.3, 0.4) is 0 Å². The maximum Gasteiger partial charge on any atom is 0.250 e. The number of rotatable bonds is 4. The van der Waals surface area contributed by atoms with Crippen LogP contribution in [0, 0.1) is 18.8 Å². The van der Waals surface area contributed by atoms with Crippen LogP contribution in [0.2, 0.25) is 0 Å². The number of carbonyl (C=O) groups excluding carboxylic acids is 4. The number of hydrogen-bond acceptors (Lipinski definition) is 5. The Labute approximate surface area is 229 Å². The third-order valence-corrected chi connectivity index (χ3v) is 8.52. The Bertz CT molecular complexity index is 1740. The van der Waals surface area contributed by atoms with E-state index >= 15 is 0 Å². The van der Waals surface area contributed by atoms with Gasteiger partial charge in [-0.25, -0.2) is 4.90 Å². The average Bonchev–Trinajstić information content (AvgIpc) is 3.64. The molecule has 1 spiro atoms. The van der Waals surface area contributed by atoms with E-state index in [0.717, 1.165) is 22.0 Å². The molecule has 4 atom stereocenters. The van der Waals surface area contributed by atoms with E-state index in [1.807, 2.05) is 55.6 Å². The first-order valence-electron chi connectivity index (χ1n) is 13.3. The molecular weight excluding hydrogens is 506 g/mol. The number of nitrogens with zero attached hydrogens (tertiary/aromatic N) is 1. The van der Waals surface area contributed by atoms with E-state index in [1.165, 1.54) is 11.8 Å². The van der Waals surface area contributed by atoms with E-state index in [-0.39, 0.29) is 17.7 Å². The molecule has 3 aliphatic rings. The molecule has 2 unspecified atom stereocenters. The van der Waals surface area contributed by atoms with Crippen LogP contribution in [0.5, 0.6) is 0 Å². The second-order valence-electron chi connectivity index (χ2n) is 10.8. The molecule has 4 amide bonds. The maximum atomic E-state index is 14.2. The Kier molecular flexibility index (Phi) is 5.24. The molecule has 0 aliphatic carbocycles. The molecule has 9 nitrogen and oxygen atoms in total. The summed E-state index contributed by atoms with van der Waals surface area (Å²) in [4.78, 5) is 58.2. The van der Waals surface area contributed by atoms with Gasteiger partial charge in [-0.3, -0.25) is 24.5 Å². The fraction of sp³-hybridized carbons (Fsp3) is 0.226. The van der Waals surface area contributed by atoms with Crippen LogP contribution in [0.1, 0.15) is 23.6 Å². The number of para-hydroxylation sites is 2. The number of hydrogen-bond donors (Lipinski definition) is 4. The molecule has 9 heteroatoms. The second-order valence-corrected chi connectivity index (χ2v) is 10.8. The minimum atomic E-state index is -1.37. The fourth-order valence-electron chi connectivity index (χ4n) is 6.84. The zero-order valence-corrected chi connectivity index (χ0v) is 21.9. The molecule has 1 aromatic heterocycles. The summed E-state index contributed by atoms with van der Waals surface area (Å²) in [6.07, 6.45) is 2.38. The van der Waals surface area contributed by atoms with Crippen LogP contribution in [0.25, 0.3) is 10.9 Å². The third kappa shape index (κ3) is 3.31. The molecule has 4 aromatic rings. The predicted molar refractivity (Wildman–Crippen MR) is 151 cm³/mol. The molecule has 0 radical (unpaired) electrons. The van der Waals surface area contributed by atoms with Crippen LogP contribution in [-0.4, -0.2) is 34.7 Å². The highest BCUT2D eigenvalue weighted by Crippen LogP contribution is 2.54. The molecule has 4 heterocycles. The summed E-state index contributed by atoms with van der Waals surface area (Å²) in [6.45, 7) is 3.33. The number of carbonyl (C=O) groups is 4. The Morgan fingerprint density at radius 1 is 0.975 bits per heavy atom. The molecule has 40 heavy (non-hydrogen) atoms. The quantitative estimate of drug-likeness (QED) is 0.299. The zero-order chi connectivity index (χ0) is 27.8. The first-order valence-corrected chi connectivity index (χ1v) is 13.3. The van der Waals surface area contributed by atoms with E-state index in [9.17, 15) is 19.2 Å². The first kappa shape index (κ1) is 24.3. The normalized spacial score (nSPS) is 25.0. The lowest BCUT2D eigenvalue weighted by atomic mass is 9.76. The van der Waals surface area contributed by atoms with Crippen molar-refractivity contribution in [1.82, 2.24) is 10.3 Å². The van der Waals surface area contributed by atoms with Gasteiger partial charge in [0.2, 0.25) is 23.6 Å². The van der Waals surface area contributed by atoms with E-state index in [1.54, 1.807) is 24.3 Å². The summed E-state index contributed by atoms with van der Waals surface area (Å²) in [7, 11) is 0. The molecule has 2 saturated heterocycles. The van der Waals surface area contributed by atoms with Crippen molar-refractivity contribution >= 4 is 51.6 Å². The van der Waals surface area contributed by atoms with Crippen LogP contribution in [-0.2, 0) is 31.1 Å². The van der Waals surface area contributed by atoms with Crippen molar-refractivity contribution in [2.24, 2.45) is 11.8 Å². The van der Waals surface area contributed by atoms with Gasteiger partial charge in [0, 0.05) is 47.0 Å². The van der Waals surface area contributed by atoms with E-state index < -0.39 is 29.3 Å². The topological polar surface area (TPSA) is 123 Å². The number of nitrogens with one attached hydrogen (secondary N) is 4. The first-order chi connectivity index (χ1) is 19.3. The summed E-state index contributed by atoms with van der Waals surface area (Å²) in [5.74, 6) is -2.98. The number of aromatic nitrogens is 1. The molecule has 3 aliphatic heterocycles. The van der Waals surface area contributed by atoms with Crippen molar-refractivity contribution in [3.8, 4) is 0 Å². The molecular formula is C31H27N5O4. The van der Waals surface area contributed by atoms with Gasteiger partial charge in [-0.1, -0.05) is 36.4 Å². The largest absolute Gasteiger partial charge is 0.361 e. The van der Waals surface area contributed by atoms with Crippen molar-refractivity contribution in [2.45, 2.75) is 31.8 Å². The number of H-pyrrole nitrogens is 1. The highest BCUT2D eigenvalue weighted by Gasteiger charge is 2.70. The van der Waals surface area contributed by atoms with Crippen LogP contribution < -0.4 is 20.9 Å². The van der Waals surface area contributed by atoms with Crippen molar-refractivity contribution in [3.63, 3.8) is 0 Å². The second kappa shape index (κ2) is 8.62. The lowest BCUT2D eigenvalue weighted by Crippen LogP contribution is -2.53. The van der Waals surface area contributed by atoms with Gasteiger partial charge in [-0.15, -0.1) is 0 Å². The number of aromatic amines is 1. The Balaban J connectivity index is 1.34. The summed E-state index contributed by atoms with van der Waals surface area (Å²) < 4.78 is 0. The lowest BCUT2D eigenvalue weighted by molar-refractivity contribution is -0.130. The van der Waals surface area contributed by atoms with Crippen molar-refractivity contribution in [2.75, 3.05) is 15.5 Å². The van der Waals surface area contributed by atoms with Crippen molar-refractivity contribution < 1.29 is 19.2 Å². The van der Waals surface area contributed by atoms with Gasteiger partial charge in [0.05, 0.1) is 17.5 Å². The van der Waals surface area contributed by atoms with Gasteiger partial charge < -0.3 is 15.6 Å². The van der Waals surface area contributed by atoms with Gasteiger partial charge in [-0.2, -0.15) is 0 Å². The SMILES string of the molecule is CC(=O)Nc1ccc(N2C(=O)[C@@H]3C(Cc4c[nH]c5ccccc45)NC4(C(=O)Nc5c(C)cccc54)[C@@H]3C2=O)cc1. The van der Waals surface area contributed by atoms with Crippen molar-refractivity contribution in [3.05, 3.63) is 89.6 Å². The Morgan fingerprint density at radius 3 is 2.52 bits per heavy atom. The molecule has 4 N–H and O–H groups in total. The number of aryl methyl sites for hydroxylation is 1.